The summed E-state index contributed by atoms with van der Waals surface area (Å²) in [6.45, 7) is 3.26. The highest BCUT2D eigenvalue weighted by Gasteiger charge is 2.07. The van der Waals surface area contributed by atoms with Crippen LogP contribution in [0.4, 0.5) is 5.69 Å². The van der Waals surface area contributed by atoms with Crippen molar-refractivity contribution >= 4 is 44.0 Å². The van der Waals surface area contributed by atoms with E-state index in [4.69, 9.17) is 16.3 Å². The normalized spacial score (nSPS) is 10.9. The third-order valence-corrected chi connectivity index (χ3v) is 6.04. The van der Waals surface area contributed by atoms with E-state index in [1.165, 1.54) is 16.3 Å². The van der Waals surface area contributed by atoms with E-state index < -0.39 is 0 Å². The number of nitrogens with one attached hydrogen (secondary N) is 1. The molecule has 0 amide bonds. The SMILES string of the molecule is Cc1c(Cl)cccc1NCc1ccc(OCc2cccc3ccccc23)c(Br)c1. The molecule has 0 radical (unpaired) electrons. The molecular formula is C25H21BrClNO. The third-order valence-electron chi connectivity index (χ3n) is 5.01. The largest absolute Gasteiger partial charge is 0.488 e. The predicted molar refractivity (Wildman–Crippen MR) is 126 cm³/mol. The van der Waals surface area contributed by atoms with Crippen LogP contribution in [0.3, 0.4) is 0 Å². The van der Waals surface area contributed by atoms with Crippen LogP contribution < -0.4 is 10.1 Å². The first-order valence-electron chi connectivity index (χ1n) is 9.48. The summed E-state index contributed by atoms with van der Waals surface area (Å²) in [5.41, 5.74) is 4.44. The van der Waals surface area contributed by atoms with Gasteiger partial charge in [-0.3, -0.25) is 0 Å². The Morgan fingerprint density at radius 3 is 2.59 bits per heavy atom. The Hall–Kier alpha value is -2.49. The van der Waals surface area contributed by atoms with Gasteiger partial charge in [0.2, 0.25) is 0 Å². The van der Waals surface area contributed by atoms with E-state index in [1.807, 2.05) is 31.2 Å². The standard InChI is InChI=1S/C25H21BrClNO/c1-17-23(27)10-5-11-24(17)28-15-18-12-13-25(22(26)14-18)29-16-20-8-4-7-19-6-2-3-9-21(19)20/h2-14,28H,15-16H2,1H3. The molecule has 0 atom stereocenters. The first kappa shape index (κ1) is 19.8. The molecule has 0 aliphatic rings. The summed E-state index contributed by atoms with van der Waals surface area (Å²) in [6, 6.07) is 26.8. The van der Waals surface area contributed by atoms with E-state index in [0.29, 0.717) is 13.2 Å². The molecule has 0 aromatic heterocycles. The smallest absolute Gasteiger partial charge is 0.134 e. The highest BCUT2D eigenvalue weighted by Crippen LogP contribution is 2.29. The summed E-state index contributed by atoms with van der Waals surface area (Å²) >= 11 is 9.85. The van der Waals surface area contributed by atoms with E-state index in [2.05, 4.69) is 75.8 Å². The minimum absolute atomic E-state index is 0.527. The van der Waals surface area contributed by atoms with E-state index in [-0.39, 0.29) is 0 Å². The molecule has 4 rings (SSSR count). The zero-order chi connectivity index (χ0) is 20.2. The molecule has 0 saturated heterocycles. The topological polar surface area (TPSA) is 21.3 Å². The number of fused-ring (bicyclic) bond motifs is 1. The van der Waals surface area contributed by atoms with Gasteiger partial charge in [0.15, 0.2) is 0 Å². The number of rotatable bonds is 6. The number of benzene rings is 4. The lowest BCUT2D eigenvalue weighted by molar-refractivity contribution is 0.305. The van der Waals surface area contributed by atoms with Crippen molar-refractivity contribution in [1.29, 1.82) is 0 Å². The van der Waals surface area contributed by atoms with Crippen molar-refractivity contribution in [1.82, 2.24) is 0 Å². The van der Waals surface area contributed by atoms with Crippen LogP contribution >= 0.6 is 27.5 Å². The maximum Gasteiger partial charge on any atom is 0.134 e. The first-order valence-corrected chi connectivity index (χ1v) is 10.7. The molecule has 4 heteroatoms. The lowest BCUT2D eigenvalue weighted by atomic mass is 10.1. The molecule has 1 N–H and O–H groups in total. The van der Waals surface area contributed by atoms with Crippen LogP contribution in [0.5, 0.6) is 5.75 Å². The van der Waals surface area contributed by atoms with Crippen molar-refractivity contribution in [3.63, 3.8) is 0 Å². The first-order chi connectivity index (χ1) is 14.1. The second-order valence-electron chi connectivity index (χ2n) is 6.96. The Balaban J connectivity index is 1.44. The van der Waals surface area contributed by atoms with E-state index in [9.17, 15) is 0 Å². The molecule has 4 aromatic carbocycles. The Morgan fingerprint density at radius 1 is 0.931 bits per heavy atom. The van der Waals surface area contributed by atoms with Gasteiger partial charge in [-0.05, 0) is 74.6 Å². The molecule has 0 fully saturated rings. The molecule has 0 heterocycles. The average Bonchev–Trinajstić information content (AvgIpc) is 2.74. The molecule has 0 aliphatic carbocycles. The summed E-state index contributed by atoms with van der Waals surface area (Å²) in [5, 5.41) is 6.67. The van der Waals surface area contributed by atoms with E-state index >= 15 is 0 Å². The number of hydrogen-bond donors (Lipinski definition) is 1. The van der Waals surface area contributed by atoms with Crippen LogP contribution in [0.15, 0.2) is 83.3 Å². The lowest BCUT2D eigenvalue weighted by Gasteiger charge is -2.13. The van der Waals surface area contributed by atoms with Crippen LogP contribution in [-0.2, 0) is 13.2 Å². The average molecular weight is 467 g/mol. The number of halogens is 2. The number of anilines is 1. The Morgan fingerprint density at radius 2 is 1.72 bits per heavy atom. The van der Waals surface area contributed by atoms with Crippen molar-refractivity contribution in [3.8, 4) is 5.75 Å². The fourth-order valence-corrected chi connectivity index (χ4v) is 4.06. The van der Waals surface area contributed by atoms with Crippen molar-refractivity contribution in [2.75, 3.05) is 5.32 Å². The second kappa shape index (κ2) is 8.89. The minimum atomic E-state index is 0.527. The van der Waals surface area contributed by atoms with Crippen LogP contribution in [0.2, 0.25) is 5.02 Å². The zero-order valence-corrected chi connectivity index (χ0v) is 18.4. The molecule has 4 aromatic rings. The van der Waals surface area contributed by atoms with Crippen molar-refractivity contribution in [2.24, 2.45) is 0 Å². The fourth-order valence-electron chi connectivity index (χ4n) is 3.34. The Bertz CT molecular complexity index is 1150. The van der Waals surface area contributed by atoms with Gasteiger partial charge in [0.1, 0.15) is 12.4 Å². The highest BCUT2D eigenvalue weighted by atomic mass is 79.9. The molecule has 0 bridgehead atoms. The van der Waals surface area contributed by atoms with Gasteiger partial charge in [0.25, 0.3) is 0 Å². The monoisotopic (exact) mass is 465 g/mol. The lowest BCUT2D eigenvalue weighted by Crippen LogP contribution is -2.02. The maximum absolute atomic E-state index is 6.20. The van der Waals surface area contributed by atoms with Gasteiger partial charge in [0.05, 0.1) is 4.47 Å². The molecule has 0 saturated carbocycles. The van der Waals surface area contributed by atoms with E-state index in [1.54, 1.807) is 0 Å². The molecule has 29 heavy (non-hydrogen) atoms. The summed E-state index contributed by atoms with van der Waals surface area (Å²) in [4.78, 5) is 0. The van der Waals surface area contributed by atoms with Crippen molar-refractivity contribution < 1.29 is 4.74 Å². The second-order valence-corrected chi connectivity index (χ2v) is 8.22. The van der Waals surface area contributed by atoms with Crippen molar-refractivity contribution in [2.45, 2.75) is 20.1 Å². The Kier molecular flexibility index (Phi) is 6.08. The maximum atomic E-state index is 6.20. The molecule has 0 unspecified atom stereocenters. The van der Waals surface area contributed by atoms with Crippen molar-refractivity contribution in [3.05, 3.63) is 105 Å². The predicted octanol–water partition coefficient (Wildman–Crippen LogP) is 7.76. The number of hydrogen-bond acceptors (Lipinski definition) is 2. The quantitative estimate of drug-likeness (QED) is 0.313. The Labute approximate surface area is 184 Å². The summed E-state index contributed by atoms with van der Waals surface area (Å²) < 4.78 is 7.04. The summed E-state index contributed by atoms with van der Waals surface area (Å²) in [7, 11) is 0. The summed E-state index contributed by atoms with van der Waals surface area (Å²) in [6.07, 6.45) is 0. The molecular weight excluding hydrogens is 446 g/mol. The van der Waals surface area contributed by atoms with E-state index in [0.717, 1.165) is 32.1 Å². The minimum Gasteiger partial charge on any atom is -0.488 e. The van der Waals surface area contributed by atoms with Crippen LogP contribution in [0, 0.1) is 6.92 Å². The molecule has 0 spiro atoms. The molecule has 0 aliphatic heterocycles. The highest BCUT2D eigenvalue weighted by molar-refractivity contribution is 9.10. The van der Waals surface area contributed by atoms with Gasteiger partial charge in [-0.1, -0.05) is 66.2 Å². The van der Waals surface area contributed by atoms with Crippen LogP contribution in [0.25, 0.3) is 10.8 Å². The number of ether oxygens (including phenoxy) is 1. The molecule has 146 valence electrons. The van der Waals surface area contributed by atoms with Gasteiger partial charge in [-0.25, -0.2) is 0 Å². The van der Waals surface area contributed by atoms with Gasteiger partial charge in [0, 0.05) is 17.3 Å². The fraction of sp³-hybridized carbons (Fsp3) is 0.120. The third kappa shape index (κ3) is 4.58. The van der Waals surface area contributed by atoms with Gasteiger partial charge in [-0.15, -0.1) is 0 Å². The van der Waals surface area contributed by atoms with Gasteiger partial charge >= 0.3 is 0 Å². The van der Waals surface area contributed by atoms with Crippen LogP contribution in [0.1, 0.15) is 16.7 Å². The van der Waals surface area contributed by atoms with Crippen LogP contribution in [-0.4, -0.2) is 0 Å². The summed E-state index contributed by atoms with van der Waals surface area (Å²) in [5.74, 6) is 0.834. The van der Waals surface area contributed by atoms with Gasteiger partial charge < -0.3 is 10.1 Å². The zero-order valence-electron chi connectivity index (χ0n) is 16.1. The molecule has 2 nitrogen and oxygen atoms in total. The van der Waals surface area contributed by atoms with Gasteiger partial charge in [-0.2, -0.15) is 0 Å².